The first-order valence-corrected chi connectivity index (χ1v) is 7.98. The van der Waals surface area contributed by atoms with Crippen molar-refractivity contribution >= 4 is 17.2 Å². The quantitative estimate of drug-likeness (QED) is 0.502. The Bertz CT molecular complexity index is 575. The lowest BCUT2D eigenvalue weighted by Gasteiger charge is -2.22. The van der Waals surface area contributed by atoms with Crippen LogP contribution < -0.4 is 0 Å². The van der Waals surface area contributed by atoms with Crippen LogP contribution in [0.15, 0.2) is 30.9 Å². The molecule has 1 heterocycles. The van der Waals surface area contributed by atoms with E-state index in [0.717, 1.165) is 37.2 Å². The van der Waals surface area contributed by atoms with Crippen molar-refractivity contribution in [2.24, 2.45) is 5.92 Å². The normalized spacial score (nSPS) is 24.6. The van der Waals surface area contributed by atoms with Crippen molar-refractivity contribution < 1.29 is 9.13 Å². The Labute approximate surface area is 130 Å². The molecule has 112 valence electrons. The van der Waals surface area contributed by atoms with Gasteiger partial charge in [0.05, 0.1) is 11.6 Å². The van der Waals surface area contributed by atoms with Crippen molar-refractivity contribution in [3.8, 4) is 0 Å². The van der Waals surface area contributed by atoms with Crippen molar-refractivity contribution in [3.05, 3.63) is 52.8 Å². The zero-order valence-electron chi connectivity index (χ0n) is 12.1. The molecule has 2 unspecified atom stereocenters. The molecule has 1 aliphatic carbocycles. The Balaban J connectivity index is 1.77. The monoisotopic (exact) mass is 306 g/mol. The molecule has 3 heteroatoms. The van der Waals surface area contributed by atoms with E-state index < -0.39 is 0 Å². The van der Waals surface area contributed by atoms with Gasteiger partial charge < -0.3 is 4.74 Å². The lowest BCUT2D eigenvalue weighted by molar-refractivity contribution is 0.408. The van der Waals surface area contributed by atoms with E-state index in [9.17, 15) is 4.39 Å². The molecule has 0 N–H and O–H groups in total. The first-order chi connectivity index (χ1) is 10.2. The summed E-state index contributed by atoms with van der Waals surface area (Å²) in [4.78, 5) is 0. The fourth-order valence-electron chi connectivity index (χ4n) is 3.04. The minimum Gasteiger partial charge on any atom is -0.368 e. The van der Waals surface area contributed by atoms with Crippen LogP contribution in [0, 0.1) is 11.7 Å². The van der Waals surface area contributed by atoms with Gasteiger partial charge in [-0.25, -0.2) is 4.39 Å². The number of hydrogen-bond acceptors (Lipinski definition) is 1. The summed E-state index contributed by atoms with van der Waals surface area (Å²) >= 11 is 6.24. The highest BCUT2D eigenvalue weighted by Gasteiger charge is 2.30. The zero-order valence-corrected chi connectivity index (χ0v) is 12.8. The summed E-state index contributed by atoms with van der Waals surface area (Å²) in [6.07, 6.45) is 9.53. The molecule has 1 saturated heterocycles. The third-order valence-corrected chi connectivity index (χ3v) is 4.81. The molecule has 1 fully saturated rings. The maximum Gasteiger partial charge on any atom is 0.148 e. The SMILES string of the molecule is C=CCCC1CC=C(c2ccc(C3CO3)c(F)c2Cl)CC1. The van der Waals surface area contributed by atoms with Gasteiger partial charge in [-0.1, -0.05) is 35.9 Å². The Hall–Kier alpha value is -1.12. The largest absolute Gasteiger partial charge is 0.368 e. The first-order valence-electron chi connectivity index (χ1n) is 7.60. The van der Waals surface area contributed by atoms with E-state index >= 15 is 0 Å². The summed E-state index contributed by atoms with van der Waals surface area (Å²) in [5, 5.41) is 0.249. The maximum absolute atomic E-state index is 14.3. The van der Waals surface area contributed by atoms with E-state index in [1.807, 2.05) is 18.2 Å². The Kier molecular flexibility index (Phi) is 4.46. The van der Waals surface area contributed by atoms with Gasteiger partial charge in [0.1, 0.15) is 11.9 Å². The van der Waals surface area contributed by atoms with Crippen molar-refractivity contribution in [1.29, 1.82) is 0 Å². The van der Waals surface area contributed by atoms with Crippen LogP contribution in [0.5, 0.6) is 0 Å². The number of benzene rings is 1. The summed E-state index contributed by atoms with van der Waals surface area (Å²) in [5.74, 6) is 0.404. The second kappa shape index (κ2) is 6.33. The second-order valence-corrected chi connectivity index (χ2v) is 6.27. The molecule has 0 spiro atoms. The molecule has 1 aliphatic heterocycles. The van der Waals surface area contributed by atoms with E-state index in [2.05, 4.69) is 12.7 Å². The van der Waals surface area contributed by atoms with Crippen molar-refractivity contribution in [2.45, 2.75) is 38.2 Å². The number of ether oxygens (including phenoxy) is 1. The lowest BCUT2D eigenvalue weighted by atomic mass is 9.84. The molecule has 0 amide bonds. The molecule has 1 aromatic carbocycles. The van der Waals surface area contributed by atoms with Gasteiger partial charge in [-0.05, 0) is 49.2 Å². The van der Waals surface area contributed by atoms with Gasteiger partial charge in [0, 0.05) is 5.56 Å². The van der Waals surface area contributed by atoms with Gasteiger partial charge >= 0.3 is 0 Å². The van der Waals surface area contributed by atoms with Gasteiger partial charge in [-0.15, -0.1) is 6.58 Å². The minimum absolute atomic E-state index is 0.0971. The predicted molar refractivity (Wildman–Crippen MR) is 84.9 cm³/mol. The van der Waals surface area contributed by atoms with Crippen LogP contribution in [-0.4, -0.2) is 6.61 Å². The smallest absolute Gasteiger partial charge is 0.148 e. The van der Waals surface area contributed by atoms with Crippen LogP contribution in [0.25, 0.3) is 5.57 Å². The van der Waals surface area contributed by atoms with Gasteiger partial charge in [-0.3, -0.25) is 0 Å². The van der Waals surface area contributed by atoms with Crippen LogP contribution in [0.3, 0.4) is 0 Å². The van der Waals surface area contributed by atoms with Gasteiger partial charge in [0.2, 0.25) is 0 Å². The van der Waals surface area contributed by atoms with Crippen LogP contribution in [-0.2, 0) is 4.74 Å². The van der Waals surface area contributed by atoms with Crippen molar-refractivity contribution in [2.75, 3.05) is 6.61 Å². The van der Waals surface area contributed by atoms with E-state index in [1.54, 1.807) is 0 Å². The van der Waals surface area contributed by atoms with Gasteiger partial charge in [0.25, 0.3) is 0 Å². The fraction of sp³-hybridized carbons (Fsp3) is 0.444. The number of halogens is 2. The standard InChI is InChI=1S/C18H20ClFO/c1-2-3-4-12-5-7-13(8-6-12)14-9-10-15(16-11-21-16)18(20)17(14)19/h2,7,9-10,12,16H,1,3-6,8,11H2. The summed E-state index contributed by atoms with van der Waals surface area (Å²) < 4.78 is 19.4. The molecule has 0 radical (unpaired) electrons. The number of hydrogen-bond donors (Lipinski definition) is 0. The van der Waals surface area contributed by atoms with Crippen molar-refractivity contribution in [1.82, 2.24) is 0 Å². The first kappa shape index (κ1) is 14.8. The molecular formula is C18H20ClFO. The summed E-state index contributed by atoms with van der Waals surface area (Å²) in [5.41, 5.74) is 2.61. The van der Waals surface area contributed by atoms with Crippen molar-refractivity contribution in [3.63, 3.8) is 0 Å². The lowest BCUT2D eigenvalue weighted by Crippen LogP contribution is -2.06. The number of rotatable bonds is 5. The highest BCUT2D eigenvalue weighted by atomic mass is 35.5. The molecule has 1 nitrogen and oxygen atoms in total. The molecule has 21 heavy (non-hydrogen) atoms. The molecule has 1 aromatic rings. The summed E-state index contributed by atoms with van der Waals surface area (Å²) in [6.45, 7) is 4.37. The van der Waals surface area contributed by atoms with Gasteiger partial charge in [-0.2, -0.15) is 0 Å². The highest BCUT2D eigenvalue weighted by molar-refractivity contribution is 6.32. The van der Waals surface area contributed by atoms with E-state index in [1.165, 1.54) is 12.0 Å². The third kappa shape index (κ3) is 3.22. The minimum atomic E-state index is -0.314. The maximum atomic E-state index is 14.3. The average molecular weight is 307 g/mol. The predicted octanol–water partition coefficient (Wildman–Crippen LogP) is 5.70. The Morgan fingerprint density at radius 2 is 2.24 bits per heavy atom. The summed E-state index contributed by atoms with van der Waals surface area (Å²) in [6, 6.07) is 3.76. The van der Waals surface area contributed by atoms with Crippen LogP contribution in [0.2, 0.25) is 5.02 Å². The second-order valence-electron chi connectivity index (χ2n) is 5.89. The van der Waals surface area contributed by atoms with Gasteiger partial charge in [0.15, 0.2) is 0 Å². The third-order valence-electron chi connectivity index (χ3n) is 4.44. The topological polar surface area (TPSA) is 12.5 Å². The Morgan fingerprint density at radius 3 is 2.86 bits per heavy atom. The van der Waals surface area contributed by atoms with Crippen LogP contribution in [0.1, 0.15) is 49.3 Å². The summed E-state index contributed by atoms with van der Waals surface area (Å²) in [7, 11) is 0. The fourth-order valence-corrected chi connectivity index (χ4v) is 3.33. The van der Waals surface area contributed by atoms with Crippen LogP contribution in [0.4, 0.5) is 4.39 Å². The number of allylic oxidation sites excluding steroid dienone is 3. The van der Waals surface area contributed by atoms with E-state index in [0.29, 0.717) is 12.2 Å². The highest BCUT2D eigenvalue weighted by Crippen LogP contribution is 2.40. The Morgan fingerprint density at radius 1 is 1.43 bits per heavy atom. The van der Waals surface area contributed by atoms with E-state index in [4.69, 9.17) is 16.3 Å². The molecule has 0 aromatic heterocycles. The molecular weight excluding hydrogens is 287 g/mol. The zero-order chi connectivity index (χ0) is 14.8. The molecule has 2 aliphatic rings. The van der Waals surface area contributed by atoms with Crippen LogP contribution >= 0.6 is 11.6 Å². The number of epoxide rings is 1. The molecule has 0 saturated carbocycles. The molecule has 3 rings (SSSR count). The van der Waals surface area contributed by atoms with E-state index in [-0.39, 0.29) is 16.9 Å². The molecule has 0 bridgehead atoms. The molecule has 2 atom stereocenters. The average Bonchev–Trinajstić information content (AvgIpc) is 3.33.